The summed E-state index contributed by atoms with van der Waals surface area (Å²) in [5.74, 6) is 0.811. The van der Waals surface area contributed by atoms with Crippen molar-refractivity contribution in [3.8, 4) is 23.1 Å². The van der Waals surface area contributed by atoms with Gasteiger partial charge in [0.2, 0.25) is 0 Å². The summed E-state index contributed by atoms with van der Waals surface area (Å²) < 4.78 is 22.0. The fourth-order valence-electron chi connectivity index (χ4n) is 3.20. The van der Waals surface area contributed by atoms with Crippen molar-refractivity contribution in [2.75, 3.05) is 17.6 Å². The number of nitriles is 1. The van der Waals surface area contributed by atoms with Crippen LogP contribution in [-0.4, -0.2) is 21.6 Å². The maximum absolute atomic E-state index is 11.5. The summed E-state index contributed by atoms with van der Waals surface area (Å²) in [5.41, 5.74) is 4.23. The van der Waals surface area contributed by atoms with Gasteiger partial charge in [-0.3, -0.25) is 0 Å². The number of ether oxygens (including phenoxy) is 1. The van der Waals surface area contributed by atoms with E-state index in [1.54, 1.807) is 6.26 Å². The number of hydrogen-bond acceptors (Lipinski definition) is 3. The standard InChI is InChI=1S/C20H21N3O2S/c1-4-23-19-12-15(22-26(3)24)8-11-17(19)18(13-21)20(23)14-6-9-16(10-7-14)25-5-2/h6-12,22H,4-5H2,1-3H3. The van der Waals surface area contributed by atoms with E-state index in [-0.39, 0.29) is 0 Å². The number of hydrogen-bond donors (Lipinski definition) is 1. The molecule has 0 bridgehead atoms. The number of anilines is 1. The van der Waals surface area contributed by atoms with Gasteiger partial charge in [0.05, 0.1) is 23.4 Å². The topological polar surface area (TPSA) is 67.0 Å². The second-order valence-corrected chi connectivity index (χ2v) is 6.94. The van der Waals surface area contributed by atoms with Gasteiger partial charge < -0.3 is 14.0 Å². The Morgan fingerprint density at radius 2 is 1.92 bits per heavy atom. The van der Waals surface area contributed by atoms with Crippen LogP contribution >= 0.6 is 0 Å². The van der Waals surface area contributed by atoms with E-state index >= 15 is 0 Å². The van der Waals surface area contributed by atoms with Crippen LogP contribution in [0.5, 0.6) is 5.75 Å². The molecule has 1 unspecified atom stereocenters. The van der Waals surface area contributed by atoms with Crippen LogP contribution in [0.15, 0.2) is 42.5 Å². The molecule has 0 aliphatic carbocycles. The molecule has 3 rings (SSSR count). The molecule has 0 saturated carbocycles. The van der Waals surface area contributed by atoms with Crippen LogP contribution in [0.1, 0.15) is 19.4 Å². The highest BCUT2D eigenvalue weighted by atomic mass is 32.2. The molecule has 2 aromatic carbocycles. The lowest BCUT2D eigenvalue weighted by Crippen LogP contribution is -2.02. The molecular weight excluding hydrogens is 346 g/mol. The molecule has 134 valence electrons. The Labute approximate surface area is 155 Å². The fraction of sp³-hybridized carbons (Fsp3) is 0.250. The lowest BCUT2D eigenvalue weighted by molar-refractivity contribution is 0.340. The average Bonchev–Trinajstić information content (AvgIpc) is 2.94. The van der Waals surface area contributed by atoms with Gasteiger partial charge in [-0.2, -0.15) is 5.26 Å². The first kappa shape index (κ1) is 18.0. The van der Waals surface area contributed by atoms with E-state index in [1.165, 1.54) is 0 Å². The van der Waals surface area contributed by atoms with Gasteiger partial charge in [-0.15, -0.1) is 0 Å². The van der Waals surface area contributed by atoms with Crippen LogP contribution in [0.25, 0.3) is 22.2 Å². The molecule has 6 heteroatoms. The van der Waals surface area contributed by atoms with Crippen LogP contribution in [0.2, 0.25) is 0 Å². The van der Waals surface area contributed by atoms with E-state index in [0.717, 1.165) is 40.1 Å². The number of aromatic nitrogens is 1. The van der Waals surface area contributed by atoms with E-state index in [1.807, 2.05) is 49.4 Å². The largest absolute Gasteiger partial charge is 0.494 e. The van der Waals surface area contributed by atoms with Gasteiger partial charge in [-0.1, -0.05) is 0 Å². The smallest absolute Gasteiger partial charge is 0.119 e. The summed E-state index contributed by atoms with van der Waals surface area (Å²) in [6.07, 6.45) is 1.59. The molecule has 1 aromatic heterocycles. The third kappa shape index (κ3) is 3.31. The number of fused-ring (bicyclic) bond motifs is 1. The monoisotopic (exact) mass is 367 g/mol. The van der Waals surface area contributed by atoms with Crippen LogP contribution in [0.4, 0.5) is 5.69 Å². The summed E-state index contributed by atoms with van der Waals surface area (Å²) in [7, 11) is -1.15. The maximum Gasteiger partial charge on any atom is 0.119 e. The summed E-state index contributed by atoms with van der Waals surface area (Å²) in [6.45, 7) is 5.34. The predicted molar refractivity (Wildman–Crippen MR) is 107 cm³/mol. The maximum atomic E-state index is 11.5. The fourth-order valence-corrected chi connectivity index (χ4v) is 3.66. The number of aryl methyl sites for hydroxylation is 1. The van der Waals surface area contributed by atoms with Crippen molar-refractivity contribution in [3.05, 3.63) is 48.0 Å². The highest BCUT2D eigenvalue weighted by Gasteiger charge is 2.18. The molecule has 1 atom stereocenters. The van der Waals surface area contributed by atoms with Crippen molar-refractivity contribution in [2.45, 2.75) is 20.4 Å². The van der Waals surface area contributed by atoms with Crippen LogP contribution in [0.3, 0.4) is 0 Å². The Hall–Kier alpha value is -2.78. The molecule has 0 amide bonds. The zero-order chi connectivity index (χ0) is 18.7. The van der Waals surface area contributed by atoms with Crippen molar-refractivity contribution in [3.63, 3.8) is 0 Å². The lowest BCUT2D eigenvalue weighted by Gasteiger charge is -2.10. The normalized spacial score (nSPS) is 11.9. The number of benzene rings is 2. The molecule has 0 aliphatic rings. The van der Waals surface area contributed by atoms with E-state index < -0.39 is 11.0 Å². The minimum atomic E-state index is -1.15. The van der Waals surface area contributed by atoms with E-state index in [0.29, 0.717) is 12.2 Å². The highest BCUT2D eigenvalue weighted by Crippen LogP contribution is 2.35. The SMILES string of the molecule is CCOc1ccc(-c2c(C#N)c3ccc(NS(C)=O)cc3n2CC)cc1. The lowest BCUT2D eigenvalue weighted by atomic mass is 10.1. The van der Waals surface area contributed by atoms with Crippen LogP contribution in [0, 0.1) is 11.3 Å². The third-order valence-electron chi connectivity index (χ3n) is 4.19. The Kier molecular flexibility index (Phi) is 5.29. The van der Waals surface area contributed by atoms with Gasteiger partial charge in [0, 0.05) is 23.9 Å². The molecule has 0 fully saturated rings. The predicted octanol–water partition coefficient (Wildman–Crippen LogP) is 4.30. The van der Waals surface area contributed by atoms with Crippen molar-refractivity contribution in [1.29, 1.82) is 5.26 Å². The van der Waals surface area contributed by atoms with Gasteiger partial charge in [0.15, 0.2) is 0 Å². The van der Waals surface area contributed by atoms with Crippen molar-refractivity contribution < 1.29 is 8.95 Å². The van der Waals surface area contributed by atoms with E-state index in [4.69, 9.17) is 4.74 Å². The summed E-state index contributed by atoms with van der Waals surface area (Å²) >= 11 is 0. The van der Waals surface area contributed by atoms with E-state index in [2.05, 4.69) is 22.3 Å². The van der Waals surface area contributed by atoms with Gasteiger partial charge in [-0.25, -0.2) is 4.21 Å². The quantitative estimate of drug-likeness (QED) is 0.706. The second-order valence-electron chi connectivity index (χ2n) is 5.83. The van der Waals surface area contributed by atoms with Gasteiger partial charge in [0.1, 0.15) is 22.8 Å². The summed E-state index contributed by atoms with van der Waals surface area (Å²) in [6, 6.07) is 15.9. The zero-order valence-electron chi connectivity index (χ0n) is 15.1. The minimum absolute atomic E-state index is 0.618. The van der Waals surface area contributed by atoms with Crippen molar-refractivity contribution in [2.24, 2.45) is 0 Å². The molecule has 0 aliphatic heterocycles. The third-order valence-corrected chi connectivity index (χ3v) is 4.72. The van der Waals surface area contributed by atoms with Crippen LogP contribution < -0.4 is 9.46 Å². The first-order valence-corrected chi connectivity index (χ1v) is 10.0. The number of nitrogens with zero attached hydrogens (tertiary/aromatic N) is 2. The number of nitrogens with one attached hydrogen (secondary N) is 1. The molecular formula is C20H21N3O2S. The summed E-state index contributed by atoms with van der Waals surface area (Å²) in [5, 5.41) is 10.7. The first-order valence-electron chi connectivity index (χ1n) is 8.48. The molecule has 0 spiro atoms. The molecule has 3 aromatic rings. The van der Waals surface area contributed by atoms with Gasteiger partial charge >= 0.3 is 0 Å². The van der Waals surface area contributed by atoms with Crippen molar-refractivity contribution >= 4 is 27.6 Å². The van der Waals surface area contributed by atoms with Gasteiger partial charge in [-0.05, 0) is 61.9 Å². The van der Waals surface area contributed by atoms with E-state index in [9.17, 15) is 9.47 Å². The highest BCUT2D eigenvalue weighted by molar-refractivity contribution is 7.85. The first-order chi connectivity index (χ1) is 12.6. The van der Waals surface area contributed by atoms with Crippen LogP contribution in [-0.2, 0) is 17.5 Å². The van der Waals surface area contributed by atoms with Gasteiger partial charge in [0.25, 0.3) is 0 Å². The van der Waals surface area contributed by atoms with Crippen molar-refractivity contribution in [1.82, 2.24) is 4.57 Å². The zero-order valence-corrected chi connectivity index (χ0v) is 15.9. The number of rotatable bonds is 6. The minimum Gasteiger partial charge on any atom is -0.494 e. The second kappa shape index (κ2) is 7.63. The molecule has 5 nitrogen and oxygen atoms in total. The molecule has 1 N–H and O–H groups in total. The molecule has 0 radical (unpaired) electrons. The Bertz CT molecular complexity index is 1000. The molecule has 1 heterocycles. The molecule has 0 saturated heterocycles. The Morgan fingerprint density at radius 1 is 1.19 bits per heavy atom. The Morgan fingerprint density at radius 3 is 2.50 bits per heavy atom. The Balaban J connectivity index is 2.20. The summed E-state index contributed by atoms with van der Waals surface area (Å²) in [4.78, 5) is 0. The average molecular weight is 367 g/mol. The molecule has 26 heavy (non-hydrogen) atoms.